The Bertz CT molecular complexity index is 708. The Morgan fingerprint density at radius 1 is 1.12 bits per heavy atom. The molecule has 0 unspecified atom stereocenters. The van der Waals surface area contributed by atoms with E-state index in [4.69, 9.17) is 14.2 Å². The standard InChI is InChI=1S/C19H23BrN2O3/c1-13-11-14(20)12-21-19(13)22-9-7-15(8-10-22)25-18-16(23-2)5-4-6-17(18)24-3/h4-6,11-12,15H,7-10H2,1-3H3. The van der Waals surface area contributed by atoms with Crippen LogP contribution < -0.4 is 19.1 Å². The van der Waals surface area contributed by atoms with Gasteiger partial charge in [-0.1, -0.05) is 6.07 Å². The zero-order valence-electron chi connectivity index (χ0n) is 14.8. The first-order valence-corrected chi connectivity index (χ1v) is 9.16. The molecule has 0 saturated carbocycles. The molecule has 0 amide bonds. The third-order valence-electron chi connectivity index (χ3n) is 4.43. The Morgan fingerprint density at radius 3 is 2.32 bits per heavy atom. The topological polar surface area (TPSA) is 43.8 Å². The molecule has 6 heteroatoms. The molecule has 0 atom stereocenters. The number of piperidine rings is 1. The fourth-order valence-electron chi connectivity index (χ4n) is 3.15. The van der Waals surface area contributed by atoms with Crippen LogP contribution in [0.3, 0.4) is 0 Å². The number of halogens is 1. The third kappa shape index (κ3) is 4.00. The summed E-state index contributed by atoms with van der Waals surface area (Å²) in [5.41, 5.74) is 1.18. The maximum absolute atomic E-state index is 6.23. The van der Waals surface area contributed by atoms with Crippen LogP contribution in [-0.2, 0) is 0 Å². The fourth-order valence-corrected chi connectivity index (χ4v) is 3.60. The van der Waals surface area contributed by atoms with Crippen molar-refractivity contribution in [1.82, 2.24) is 4.98 Å². The van der Waals surface area contributed by atoms with E-state index in [-0.39, 0.29) is 6.10 Å². The van der Waals surface area contributed by atoms with Crippen LogP contribution in [-0.4, -0.2) is 38.4 Å². The molecule has 1 aromatic carbocycles. The minimum atomic E-state index is 0.136. The Balaban J connectivity index is 1.67. The Kier molecular flexibility index (Phi) is 5.68. The van der Waals surface area contributed by atoms with Crippen molar-refractivity contribution >= 4 is 21.7 Å². The van der Waals surface area contributed by atoms with Crippen LogP contribution in [0.4, 0.5) is 5.82 Å². The van der Waals surface area contributed by atoms with Crippen LogP contribution in [0.25, 0.3) is 0 Å². The first-order valence-electron chi connectivity index (χ1n) is 8.37. The van der Waals surface area contributed by atoms with Gasteiger partial charge < -0.3 is 19.1 Å². The minimum absolute atomic E-state index is 0.136. The molecular weight excluding hydrogens is 384 g/mol. The number of hydrogen-bond donors (Lipinski definition) is 0. The molecule has 5 nitrogen and oxygen atoms in total. The second-order valence-corrected chi connectivity index (χ2v) is 7.01. The zero-order valence-corrected chi connectivity index (χ0v) is 16.4. The minimum Gasteiger partial charge on any atom is -0.493 e. The van der Waals surface area contributed by atoms with Crippen molar-refractivity contribution in [2.75, 3.05) is 32.2 Å². The number of hydrogen-bond acceptors (Lipinski definition) is 5. The Labute approximate surface area is 157 Å². The van der Waals surface area contributed by atoms with E-state index in [9.17, 15) is 0 Å². The number of methoxy groups -OCH3 is 2. The molecule has 1 aliphatic heterocycles. The van der Waals surface area contributed by atoms with E-state index >= 15 is 0 Å². The molecule has 0 bridgehead atoms. The lowest BCUT2D eigenvalue weighted by Crippen LogP contribution is -2.39. The summed E-state index contributed by atoms with van der Waals surface area (Å²) in [7, 11) is 3.29. The average Bonchev–Trinajstić information content (AvgIpc) is 2.63. The number of aromatic nitrogens is 1. The normalized spacial score (nSPS) is 15.1. The van der Waals surface area contributed by atoms with Crippen molar-refractivity contribution in [2.45, 2.75) is 25.9 Å². The van der Waals surface area contributed by atoms with Gasteiger partial charge in [0, 0.05) is 36.6 Å². The summed E-state index contributed by atoms with van der Waals surface area (Å²) in [6, 6.07) is 7.78. The second kappa shape index (κ2) is 7.95. The molecule has 2 heterocycles. The molecule has 0 spiro atoms. The highest BCUT2D eigenvalue weighted by atomic mass is 79.9. The fraction of sp³-hybridized carbons (Fsp3) is 0.421. The van der Waals surface area contributed by atoms with Gasteiger partial charge in [-0.25, -0.2) is 4.98 Å². The van der Waals surface area contributed by atoms with Gasteiger partial charge in [0.15, 0.2) is 11.5 Å². The lowest BCUT2D eigenvalue weighted by Gasteiger charge is -2.34. The SMILES string of the molecule is COc1cccc(OC)c1OC1CCN(c2ncc(Br)cc2C)CC1. The van der Waals surface area contributed by atoms with Crippen molar-refractivity contribution in [3.05, 3.63) is 40.5 Å². The number of para-hydroxylation sites is 1. The first kappa shape index (κ1) is 17.9. The van der Waals surface area contributed by atoms with Gasteiger partial charge in [0.25, 0.3) is 0 Å². The zero-order chi connectivity index (χ0) is 17.8. The van der Waals surface area contributed by atoms with Crippen molar-refractivity contribution in [2.24, 2.45) is 0 Å². The van der Waals surface area contributed by atoms with Gasteiger partial charge in [0.1, 0.15) is 11.9 Å². The number of ether oxygens (including phenoxy) is 3. The average molecular weight is 407 g/mol. The second-order valence-electron chi connectivity index (χ2n) is 6.09. The summed E-state index contributed by atoms with van der Waals surface area (Å²) in [5, 5.41) is 0. The van der Waals surface area contributed by atoms with E-state index in [1.54, 1.807) is 14.2 Å². The predicted molar refractivity (Wildman–Crippen MR) is 102 cm³/mol. The number of aryl methyl sites for hydroxylation is 1. The molecule has 0 radical (unpaired) electrons. The highest BCUT2D eigenvalue weighted by molar-refractivity contribution is 9.10. The van der Waals surface area contributed by atoms with Crippen molar-refractivity contribution in [3.63, 3.8) is 0 Å². The van der Waals surface area contributed by atoms with Gasteiger partial charge in [0.2, 0.25) is 5.75 Å². The van der Waals surface area contributed by atoms with Gasteiger partial charge in [-0.15, -0.1) is 0 Å². The summed E-state index contributed by atoms with van der Waals surface area (Å²) in [6.45, 7) is 3.92. The van der Waals surface area contributed by atoms with Gasteiger partial charge in [-0.2, -0.15) is 0 Å². The van der Waals surface area contributed by atoms with Crippen molar-refractivity contribution in [3.8, 4) is 17.2 Å². The third-order valence-corrected chi connectivity index (χ3v) is 4.86. The molecule has 3 rings (SSSR count). The van der Waals surface area contributed by atoms with E-state index in [0.29, 0.717) is 17.2 Å². The molecule has 0 aliphatic carbocycles. The van der Waals surface area contributed by atoms with Gasteiger partial charge >= 0.3 is 0 Å². The van der Waals surface area contributed by atoms with Crippen LogP contribution in [0.15, 0.2) is 34.9 Å². The molecule has 2 aromatic rings. The van der Waals surface area contributed by atoms with Gasteiger partial charge in [-0.05, 0) is 46.6 Å². The summed E-state index contributed by atoms with van der Waals surface area (Å²) >= 11 is 3.47. The van der Waals surface area contributed by atoms with Crippen molar-refractivity contribution < 1.29 is 14.2 Å². The molecule has 1 saturated heterocycles. The number of rotatable bonds is 5. The molecular formula is C19H23BrN2O3. The highest BCUT2D eigenvalue weighted by Gasteiger charge is 2.24. The van der Waals surface area contributed by atoms with E-state index in [1.807, 2.05) is 24.4 Å². The number of anilines is 1. The monoisotopic (exact) mass is 406 g/mol. The molecule has 25 heavy (non-hydrogen) atoms. The number of benzene rings is 1. The smallest absolute Gasteiger partial charge is 0.203 e. The van der Waals surface area contributed by atoms with E-state index in [0.717, 1.165) is 36.2 Å². The summed E-state index contributed by atoms with van der Waals surface area (Å²) < 4.78 is 18.1. The lowest BCUT2D eigenvalue weighted by atomic mass is 10.1. The summed E-state index contributed by atoms with van der Waals surface area (Å²) in [4.78, 5) is 6.88. The number of pyridine rings is 1. The van der Waals surface area contributed by atoms with Crippen LogP contribution in [0.5, 0.6) is 17.2 Å². The first-order chi connectivity index (χ1) is 12.1. The highest BCUT2D eigenvalue weighted by Crippen LogP contribution is 2.38. The van der Waals surface area contributed by atoms with Crippen LogP contribution in [0, 0.1) is 6.92 Å². The lowest BCUT2D eigenvalue weighted by molar-refractivity contribution is 0.158. The predicted octanol–water partition coefficient (Wildman–Crippen LogP) is 4.22. The maximum Gasteiger partial charge on any atom is 0.203 e. The molecule has 1 aliphatic rings. The largest absolute Gasteiger partial charge is 0.493 e. The Hall–Kier alpha value is -1.95. The van der Waals surface area contributed by atoms with E-state index < -0.39 is 0 Å². The van der Waals surface area contributed by atoms with Crippen LogP contribution >= 0.6 is 15.9 Å². The molecule has 1 fully saturated rings. The summed E-state index contributed by atoms with van der Waals surface area (Å²) in [6.07, 6.45) is 3.85. The Morgan fingerprint density at radius 2 is 1.76 bits per heavy atom. The van der Waals surface area contributed by atoms with Gasteiger partial charge in [-0.3, -0.25) is 0 Å². The number of nitrogens with zero attached hydrogens (tertiary/aromatic N) is 2. The molecule has 0 N–H and O–H groups in total. The van der Waals surface area contributed by atoms with Crippen LogP contribution in [0.2, 0.25) is 0 Å². The van der Waals surface area contributed by atoms with Gasteiger partial charge in [0.05, 0.1) is 14.2 Å². The molecule has 134 valence electrons. The maximum atomic E-state index is 6.23. The molecule has 1 aromatic heterocycles. The van der Waals surface area contributed by atoms with Crippen molar-refractivity contribution in [1.29, 1.82) is 0 Å². The quantitative estimate of drug-likeness (QED) is 0.743. The van der Waals surface area contributed by atoms with E-state index in [1.165, 1.54) is 5.56 Å². The van der Waals surface area contributed by atoms with Crippen LogP contribution in [0.1, 0.15) is 18.4 Å². The summed E-state index contributed by atoms with van der Waals surface area (Å²) in [5.74, 6) is 3.14. The van der Waals surface area contributed by atoms with E-state index in [2.05, 4.69) is 38.8 Å².